The highest BCUT2D eigenvalue weighted by Gasteiger charge is 2.20. The zero-order valence-corrected chi connectivity index (χ0v) is 17.0. The van der Waals surface area contributed by atoms with E-state index in [4.69, 9.17) is 4.98 Å². The van der Waals surface area contributed by atoms with Gasteiger partial charge in [0.2, 0.25) is 0 Å². The van der Waals surface area contributed by atoms with Gasteiger partial charge in [-0.15, -0.1) is 5.10 Å². The Morgan fingerprint density at radius 2 is 1.76 bits per heavy atom. The van der Waals surface area contributed by atoms with Crippen molar-refractivity contribution in [1.82, 2.24) is 24.1 Å². The zero-order chi connectivity index (χ0) is 20.3. The standard InChI is InChI=1S/C23H23N5O/c1-13(2)11-27-15(4)14(3)20-22(27)24-12-28-23(20)25-21(26-28)18-9-16-7-5-6-8-17(16)10-19(18)29/h5-10,12-13,29H,11H2,1-4H3. The third kappa shape index (κ3) is 2.67. The predicted molar refractivity (Wildman–Crippen MR) is 115 cm³/mol. The Bertz CT molecular complexity index is 1390. The van der Waals surface area contributed by atoms with Crippen LogP contribution in [0.15, 0.2) is 42.7 Å². The Hall–Kier alpha value is -3.41. The number of rotatable bonds is 3. The number of aromatic nitrogens is 5. The molecule has 0 aliphatic heterocycles. The van der Waals surface area contributed by atoms with Crippen LogP contribution in [-0.2, 0) is 6.54 Å². The van der Waals surface area contributed by atoms with Crippen LogP contribution >= 0.6 is 0 Å². The number of phenolic OH excluding ortho intramolecular Hbond substituents is 1. The highest BCUT2D eigenvalue weighted by atomic mass is 16.3. The number of aromatic hydroxyl groups is 1. The van der Waals surface area contributed by atoms with Gasteiger partial charge in [-0.3, -0.25) is 0 Å². The first kappa shape index (κ1) is 17.7. The molecule has 0 unspecified atom stereocenters. The van der Waals surface area contributed by atoms with Crippen molar-refractivity contribution < 1.29 is 5.11 Å². The van der Waals surface area contributed by atoms with Gasteiger partial charge in [-0.1, -0.05) is 38.1 Å². The molecule has 146 valence electrons. The number of nitrogens with zero attached hydrogens (tertiary/aromatic N) is 5. The summed E-state index contributed by atoms with van der Waals surface area (Å²) in [6, 6.07) is 11.6. The number of aryl methyl sites for hydroxylation is 1. The van der Waals surface area contributed by atoms with Crippen molar-refractivity contribution in [2.24, 2.45) is 5.92 Å². The molecule has 0 saturated carbocycles. The molecule has 5 aromatic rings. The van der Waals surface area contributed by atoms with Gasteiger partial charge in [-0.25, -0.2) is 14.5 Å². The van der Waals surface area contributed by atoms with Gasteiger partial charge in [-0.2, -0.15) is 0 Å². The Balaban J connectivity index is 1.76. The van der Waals surface area contributed by atoms with Crippen molar-refractivity contribution in [2.75, 3.05) is 0 Å². The Labute approximate surface area is 168 Å². The quantitative estimate of drug-likeness (QED) is 0.481. The molecule has 1 N–H and O–H groups in total. The first-order valence-electron chi connectivity index (χ1n) is 9.87. The minimum absolute atomic E-state index is 0.175. The molecule has 0 atom stereocenters. The van der Waals surface area contributed by atoms with Gasteiger partial charge < -0.3 is 9.67 Å². The average molecular weight is 385 g/mol. The monoisotopic (exact) mass is 385 g/mol. The lowest BCUT2D eigenvalue weighted by atomic mass is 10.1. The second-order valence-electron chi connectivity index (χ2n) is 8.08. The van der Waals surface area contributed by atoms with Crippen LogP contribution in [0.2, 0.25) is 0 Å². The largest absolute Gasteiger partial charge is 0.507 e. The van der Waals surface area contributed by atoms with Crippen molar-refractivity contribution >= 4 is 27.5 Å². The van der Waals surface area contributed by atoms with E-state index in [0.717, 1.165) is 34.0 Å². The molecule has 5 rings (SSSR count). The summed E-state index contributed by atoms with van der Waals surface area (Å²) in [5, 5.41) is 18.3. The van der Waals surface area contributed by atoms with Crippen LogP contribution in [0.1, 0.15) is 25.1 Å². The molecule has 6 nitrogen and oxygen atoms in total. The van der Waals surface area contributed by atoms with Gasteiger partial charge in [-0.05, 0) is 48.2 Å². The van der Waals surface area contributed by atoms with Crippen LogP contribution in [0.25, 0.3) is 38.8 Å². The molecule has 0 amide bonds. The molecule has 6 heteroatoms. The van der Waals surface area contributed by atoms with Crippen LogP contribution in [0.5, 0.6) is 5.75 Å². The first-order valence-corrected chi connectivity index (χ1v) is 9.87. The lowest BCUT2D eigenvalue weighted by Crippen LogP contribution is -2.07. The lowest BCUT2D eigenvalue weighted by molar-refractivity contribution is 0.477. The molecule has 0 aliphatic rings. The van der Waals surface area contributed by atoms with E-state index in [0.29, 0.717) is 17.3 Å². The average Bonchev–Trinajstić information content (AvgIpc) is 3.22. The molecule has 0 spiro atoms. The van der Waals surface area contributed by atoms with Crippen molar-refractivity contribution in [2.45, 2.75) is 34.2 Å². The molecule has 29 heavy (non-hydrogen) atoms. The summed E-state index contributed by atoms with van der Waals surface area (Å²) in [5.41, 5.74) is 4.69. The van der Waals surface area contributed by atoms with Gasteiger partial charge >= 0.3 is 0 Å². The molecule has 0 aliphatic carbocycles. The maximum Gasteiger partial charge on any atom is 0.185 e. The van der Waals surface area contributed by atoms with E-state index in [1.54, 1.807) is 16.9 Å². The Kier molecular flexibility index (Phi) is 3.84. The van der Waals surface area contributed by atoms with Crippen molar-refractivity contribution in [3.63, 3.8) is 0 Å². The number of hydrogen-bond donors (Lipinski definition) is 1. The van der Waals surface area contributed by atoms with E-state index < -0.39 is 0 Å². The molecule has 0 bridgehead atoms. The fourth-order valence-corrected chi connectivity index (χ4v) is 4.04. The van der Waals surface area contributed by atoms with Crippen LogP contribution in [0.3, 0.4) is 0 Å². The van der Waals surface area contributed by atoms with Gasteiger partial charge in [0.25, 0.3) is 0 Å². The fraction of sp³-hybridized carbons (Fsp3) is 0.261. The summed E-state index contributed by atoms with van der Waals surface area (Å²) in [6.45, 7) is 9.56. The van der Waals surface area contributed by atoms with Gasteiger partial charge in [0.15, 0.2) is 11.5 Å². The summed E-state index contributed by atoms with van der Waals surface area (Å²) >= 11 is 0. The van der Waals surface area contributed by atoms with E-state index in [9.17, 15) is 5.11 Å². The minimum atomic E-state index is 0.175. The fourth-order valence-electron chi connectivity index (χ4n) is 4.04. The van der Waals surface area contributed by atoms with Crippen LogP contribution in [-0.4, -0.2) is 29.3 Å². The van der Waals surface area contributed by atoms with Gasteiger partial charge in [0, 0.05) is 12.2 Å². The smallest absolute Gasteiger partial charge is 0.185 e. The molecular formula is C23H23N5O. The third-order valence-corrected chi connectivity index (χ3v) is 5.60. The van der Waals surface area contributed by atoms with Gasteiger partial charge in [0.1, 0.15) is 17.7 Å². The third-order valence-electron chi connectivity index (χ3n) is 5.60. The first-order chi connectivity index (χ1) is 13.9. The Morgan fingerprint density at radius 1 is 1.03 bits per heavy atom. The Morgan fingerprint density at radius 3 is 2.48 bits per heavy atom. The molecule has 0 radical (unpaired) electrons. The highest BCUT2D eigenvalue weighted by molar-refractivity contribution is 5.95. The highest BCUT2D eigenvalue weighted by Crippen LogP contribution is 2.33. The van der Waals surface area contributed by atoms with Crippen LogP contribution in [0, 0.1) is 19.8 Å². The molecular weight excluding hydrogens is 362 g/mol. The number of phenols is 1. The summed E-state index contributed by atoms with van der Waals surface area (Å²) in [5.74, 6) is 1.19. The van der Waals surface area contributed by atoms with Crippen molar-refractivity contribution in [1.29, 1.82) is 0 Å². The summed E-state index contributed by atoms with van der Waals surface area (Å²) in [6.07, 6.45) is 1.71. The van der Waals surface area contributed by atoms with Crippen LogP contribution < -0.4 is 0 Å². The van der Waals surface area contributed by atoms with E-state index in [-0.39, 0.29) is 5.75 Å². The van der Waals surface area contributed by atoms with E-state index in [1.807, 2.05) is 30.3 Å². The minimum Gasteiger partial charge on any atom is -0.507 e. The molecule has 2 aromatic carbocycles. The molecule has 0 saturated heterocycles. The maximum absolute atomic E-state index is 10.6. The zero-order valence-electron chi connectivity index (χ0n) is 17.0. The van der Waals surface area contributed by atoms with E-state index in [1.165, 1.54) is 11.3 Å². The van der Waals surface area contributed by atoms with E-state index >= 15 is 0 Å². The second-order valence-corrected chi connectivity index (χ2v) is 8.08. The summed E-state index contributed by atoms with van der Waals surface area (Å²) < 4.78 is 3.97. The second kappa shape index (κ2) is 6.30. The predicted octanol–water partition coefficient (Wildman–Crippen LogP) is 4.88. The van der Waals surface area contributed by atoms with Crippen molar-refractivity contribution in [3.05, 3.63) is 54.0 Å². The summed E-state index contributed by atoms with van der Waals surface area (Å²) in [7, 11) is 0. The number of benzene rings is 2. The normalized spacial score (nSPS) is 12.0. The number of hydrogen-bond acceptors (Lipinski definition) is 4. The maximum atomic E-state index is 10.6. The topological polar surface area (TPSA) is 68.2 Å². The van der Waals surface area contributed by atoms with Crippen LogP contribution in [0.4, 0.5) is 0 Å². The summed E-state index contributed by atoms with van der Waals surface area (Å²) in [4.78, 5) is 9.50. The van der Waals surface area contributed by atoms with Gasteiger partial charge in [0.05, 0.1) is 10.9 Å². The SMILES string of the molecule is Cc1c(C)n(CC(C)C)c2ncn3nc(-c4cc5ccccc5cc4O)nc3c12. The molecule has 3 heterocycles. The molecule has 0 fully saturated rings. The van der Waals surface area contributed by atoms with Crippen molar-refractivity contribution in [3.8, 4) is 17.1 Å². The molecule has 3 aromatic heterocycles. The lowest BCUT2D eigenvalue weighted by Gasteiger charge is -2.10. The van der Waals surface area contributed by atoms with E-state index in [2.05, 4.69) is 42.3 Å². The number of fused-ring (bicyclic) bond motifs is 4.